The molecule has 126 valence electrons. The van der Waals surface area contributed by atoms with Crippen molar-refractivity contribution in [1.82, 2.24) is 14.9 Å². The highest BCUT2D eigenvalue weighted by Crippen LogP contribution is 2.24. The number of fused-ring (bicyclic) bond motifs is 1. The van der Waals surface area contributed by atoms with Crippen molar-refractivity contribution in [3.63, 3.8) is 0 Å². The minimum atomic E-state index is -0.304. The summed E-state index contributed by atoms with van der Waals surface area (Å²) in [6.07, 6.45) is 0. The number of rotatable bonds is 3. The van der Waals surface area contributed by atoms with E-state index in [1.165, 1.54) is 10.7 Å². The maximum Gasteiger partial charge on any atom is 0.280 e. The van der Waals surface area contributed by atoms with Gasteiger partial charge in [-0.2, -0.15) is 10.3 Å². The van der Waals surface area contributed by atoms with Crippen LogP contribution in [0.2, 0.25) is 0 Å². The van der Waals surface area contributed by atoms with Crippen molar-refractivity contribution in [2.45, 2.75) is 6.54 Å². The maximum absolute atomic E-state index is 11.2. The molecule has 0 unspecified atom stereocenters. The van der Waals surface area contributed by atoms with Gasteiger partial charge in [-0.05, 0) is 0 Å². The smallest absolute Gasteiger partial charge is 0.280 e. The van der Waals surface area contributed by atoms with Crippen molar-refractivity contribution in [3.8, 4) is 11.3 Å². The van der Waals surface area contributed by atoms with Crippen molar-refractivity contribution in [2.24, 2.45) is 0 Å². The van der Waals surface area contributed by atoms with E-state index in [-0.39, 0.29) is 34.6 Å². The molecule has 0 atom stereocenters. The Morgan fingerprint density at radius 1 is 1.04 bits per heavy atom. The predicted molar refractivity (Wildman–Crippen MR) is 99.8 cm³/mol. The molecule has 4 rings (SSSR count). The molecule has 0 aliphatic heterocycles. The molecule has 2 aromatic heterocycles. The summed E-state index contributed by atoms with van der Waals surface area (Å²) >= 11 is 0. The molecule has 0 radical (unpaired) electrons. The second-order valence-corrected chi connectivity index (χ2v) is 5.45. The Bertz CT molecular complexity index is 1130. The van der Waals surface area contributed by atoms with Gasteiger partial charge in [-0.3, -0.25) is 10.2 Å². The normalized spacial score (nSPS) is 10.6. The molecule has 0 aliphatic carbocycles. The first kappa shape index (κ1) is 16.9. The predicted octanol–water partition coefficient (Wildman–Crippen LogP) is 3.09. The van der Waals surface area contributed by atoms with E-state index in [1.807, 2.05) is 54.6 Å². The van der Waals surface area contributed by atoms with Crippen LogP contribution < -0.4 is 11.0 Å². The van der Waals surface area contributed by atoms with Gasteiger partial charge < -0.3 is 4.52 Å². The number of hydrogen-bond donors (Lipinski definition) is 2. The average Bonchev–Trinajstić information content (AvgIpc) is 3.03. The second-order valence-electron chi connectivity index (χ2n) is 5.45. The standard InChI is InChI=1S/C18H14N4O2.BrH/c19-18-15-9-5-4-8-14(15)17(12-6-2-1-3-7-12)20-22(18)11-13-10-16(23)21-24-13;/h1-10,19H,11H2,(H,21,23);1H. The maximum atomic E-state index is 11.2. The number of H-pyrrole nitrogens is 1. The van der Waals surface area contributed by atoms with Gasteiger partial charge in [0.2, 0.25) is 0 Å². The van der Waals surface area contributed by atoms with Crippen LogP contribution in [0.5, 0.6) is 0 Å². The van der Waals surface area contributed by atoms with Crippen LogP contribution in [0.4, 0.5) is 0 Å². The largest absolute Gasteiger partial charge is 0.382 e. The van der Waals surface area contributed by atoms with Gasteiger partial charge in [0.15, 0.2) is 5.76 Å². The molecule has 0 saturated heterocycles. The number of halogens is 1. The van der Waals surface area contributed by atoms with Crippen molar-refractivity contribution in [1.29, 1.82) is 5.41 Å². The molecule has 4 aromatic rings. The first-order chi connectivity index (χ1) is 11.7. The van der Waals surface area contributed by atoms with Crippen molar-refractivity contribution < 1.29 is 4.52 Å². The van der Waals surface area contributed by atoms with Crippen LogP contribution in [0.15, 0.2) is 70.0 Å². The van der Waals surface area contributed by atoms with E-state index in [0.717, 1.165) is 22.0 Å². The van der Waals surface area contributed by atoms with Crippen LogP contribution in [0.25, 0.3) is 22.0 Å². The van der Waals surface area contributed by atoms with Crippen LogP contribution in [-0.2, 0) is 6.54 Å². The third-order valence-electron chi connectivity index (χ3n) is 3.84. The number of nitrogens with one attached hydrogen (secondary N) is 2. The Balaban J connectivity index is 0.00000182. The molecule has 2 heterocycles. The number of nitrogens with zero attached hydrogens (tertiary/aromatic N) is 2. The summed E-state index contributed by atoms with van der Waals surface area (Å²) in [6, 6.07) is 18.9. The molecule has 0 saturated carbocycles. The zero-order chi connectivity index (χ0) is 16.5. The van der Waals surface area contributed by atoms with E-state index in [4.69, 9.17) is 9.93 Å². The summed E-state index contributed by atoms with van der Waals surface area (Å²) in [6.45, 7) is 0.211. The first-order valence-corrected chi connectivity index (χ1v) is 7.49. The highest BCUT2D eigenvalue weighted by molar-refractivity contribution is 8.93. The first-order valence-electron chi connectivity index (χ1n) is 7.49. The quantitative estimate of drug-likeness (QED) is 0.555. The Morgan fingerprint density at radius 2 is 1.72 bits per heavy atom. The summed E-state index contributed by atoms with van der Waals surface area (Å²) in [5.74, 6) is 0.431. The van der Waals surface area contributed by atoms with Crippen LogP contribution in [0.3, 0.4) is 0 Å². The van der Waals surface area contributed by atoms with Gasteiger partial charge in [-0.25, -0.2) is 4.68 Å². The molecular weight excluding hydrogens is 384 g/mol. The van der Waals surface area contributed by atoms with Gasteiger partial charge >= 0.3 is 0 Å². The zero-order valence-corrected chi connectivity index (χ0v) is 14.8. The van der Waals surface area contributed by atoms with Gasteiger partial charge in [0, 0.05) is 22.4 Å². The SMILES string of the molecule is Br.N=c1c2ccccc2c(-c2ccccc2)nn1Cc1cc(=O)[nH]o1. The zero-order valence-electron chi connectivity index (χ0n) is 13.1. The lowest BCUT2D eigenvalue weighted by Crippen LogP contribution is -2.24. The number of benzene rings is 2. The van der Waals surface area contributed by atoms with E-state index < -0.39 is 0 Å². The third-order valence-corrected chi connectivity index (χ3v) is 3.84. The lowest BCUT2D eigenvalue weighted by Gasteiger charge is -2.11. The Labute approximate surface area is 153 Å². The second kappa shape index (κ2) is 6.90. The third kappa shape index (κ3) is 3.18. The summed E-state index contributed by atoms with van der Waals surface area (Å²) in [5.41, 5.74) is 1.73. The highest BCUT2D eigenvalue weighted by Gasteiger charge is 2.11. The molecule has 0 spiro atoms. The molecule has 7 heteroatoms. The van der Waals surface area contributed by atoms with Gasteiger partial charge in [-0.1, -0.05) is 54.6 Å². The monoisotopic (exact) mass is 398 g/mol. The fraction of sp³-hybridized carbons (Fsp3) is 0.0556. The molecule has 6 nitrogen and oxygen atoms in total. The van der Waals surface area contributed by atoms with E-state index in [0.29, 0.717) is 5.76 Å². The fourth-order valence-electron chi connectivity index (χ4n) is 2.73. The Hall–Kier alpha value is -2.93. The average molecular weight is 399 g/mol. The molecule has 25 heavy (non-hydrogen) atoms. The van der Waals surface area contributed by atoms with Crippen LogP contribution in [-0.4, -0.2) is 14.9 Å². The van der Waals surface area contributed by atoms with Gasteiger partial charge in [0.1, 0.15) is 12.0 Å². The highest BCUT2D eigenvalue weighted by atomic mass is 79.9. The van der Waals surface area contributed by atoms with Crippen molar-refractivity contribution in [2.75, 3.05) is 0 Å². The summed E-state index contributed by atoms with van der Waals surface area (Å²) < 4.78 is 6.64. The Kier molecular flexibility index (Phi) is 4.67. The van der Waals surface area contributed by atoms with E-state index in [9.17, 15) is 4.79 Å². The summed E-state index contributed by atoms with van der Waals surface area (Å²) in [4.78, 5) is 11.2. The van der Waals surface area contributed by atoms with Gasteiger partial charge in [-0.15, -0.1) is 17.0 Å². The molecule has 0 aliphatic rings. The molecule has 2 aromatic carbocycles. The van der Waals surface area contributed by atoms with E-state index in [1.54, 1.807) is 0 Å². The lowest BCUT2D eigenvalue weighted by molar-refractivity contribution is 0.364. The van der Waals surface area contributed by atoms with Crippen molar-refractivity contribution in [3.05, 3.63) is 82.3 Å². The van der Waals surface area contributed by atoms with Gasteiger partial charge in [0.05, 0.1) is 5.69 Å². The molecule has 0 amide bonds. The molecule has 0 bridgehead atoms. The summed E-state index contributed by atoms with van der Waals surface area (Å²) in [7, 11) is 0. The van der Waals surface area contributed by atoms with Crippen LogP contribution >= 0.6 is 17.0 Å². The Morgan fingerprint density at radius 3 is 2.40 bits per heavy atom. The number of aromatic amines is 1. The molecular formula is C18H15BrN4O2. The van der Waals surface area contributed by atoms with Crippen LogP contribution in [0.1, 0.15) is 5.76 Å². The molecule has 0 fully saturated rings. The number of aromatic nitrogens is 3. The van der Waals surface area contributed by atoms with Gasteiger partial charge in [0.25, 0.3) is 5.56 Å². The van der Waals surface area contributed by atoms with E-state index >= 15 is 0 Å². The number of hydrogen-bond acceptors (Lipinski definition) is 4. The lowest BCUT2D eigenvalue weighted by atomic mass is 10.1. The minimum Gasteiger partial charge on any atom is -0.382 e. The topological polar surface area (TPSA) is 87.7 Å². The fourth-order valence-corrected chi connectivity index (χ4v) is 2.73. The van der Waals surface area contributed by atoms with Crippen LogP contribution in [0, 0.1) is 5.41 Å². The minimum absolute atomic E-state index is 0. The van der Waals surface area contributed by atoms with E-state index in [2.05, 4.69) is 10.3 Å². The molecule has 2 N–H and O–H groups in total. The summed E-state index contributed by atoms with van der Waals surface area (Å²) in [5, 5.41) is 17.0. The van der Waals surface area contributed by atoms with Crippen molar-refractivity contribution >= 4 is 27.8 Å².